The summed E-state index contributed by atoms with van der Waals surface area (Å²) < 4.78 is 0. The maximum Gasteiger partial charge on any atom is 0.119 e. The number of rotatable bonds is 8. The van der Waals surface area contributed by atoms with Crippen molar-refractivity contribution in [3.05, 3.63) is 12.7 Å². The lowest BCUT2D eigenvalue weighted by Gasteiger charge is -1.97. The van der Waals surface area contributed by atoms with E-state index < -0.39 is 0 Å². The fraction of sp³-hybridized carbons (Fsp3) is 0.769. The molecule has 84 valence electrons. The van der Waals surface area contributed by atoms with Crippen LogP contribution in [0.2, 0.25) is 0 Å². The fourth-order valence-electron chi connectivity index (χ4n) is 1.18. The zero-order valence-electron chi connectivity index (χ0n) is 9.93. The van der Waals surface area contributed by atoms with Crippen LogP contribution in [0, 0.1) is 0 Å². The third kappa shape index (κ3) is 22.5. The first kappa shape index (κ1) is 15.9. The Balaban J connectivity index is 0. The number of allylic oxidation sites excluding steroid dienone is 1. The van der Waals surface area contributed by atoms with Crippen molar-refractivity contribution < 1.29 is 4.79 Å². The summed E-state index contributed by atoms with van der Waals surface area (Å²) in [5.41, 5.74) is 0. The quantitative estimate of drug-likeness (QED) is 0.318. The molecule has 0 amide bonds. The van der Waals surface area contributed by atoms with E-state index in [4.69, 9.17) is 0 Å². The molecule has 0 atom stereocenters. The molecule has 0 aliphatic carbocycles. The number of hydrogen-bond acceptors (Lipinski definition) is 1. The largest absolute Gasteiger partial charge is 0.303 e. The molecule has 0 N–H and O–H groups in total. The summed E-state index contributed by atoms with van der Waals surface area (Å²) in [5, 5.41) is 0. The van der Waals surface area contributed by atoms with Gasteiger partial charge in [0.1, 0.15) is 6.29 Å². The van der Waals surface area contributed by atoms with Crippen molar-refractivity contribution in [1.29, 1.82) is 0 Å². The van der Waals surface area contributed by atoms with Gasteiger partial charge < -0.3 is 4.79 Å². The van der Waals surface area contributed by atoms with Crippen LogP contribution in [0.25, 0.3) is 0 Å². The summed E-state index contributed by atoms with van der Waals surface area (Å²) in [5.74, 6) is 0. The van der Waals surface area contributed by atoms with E-state index >= 15 is 0 Å². The first-order valence-electron chi connectivity index (χ1n) is 5.84. The van der Waals surface area contributed by atoms with Crippen LogP contribution >= 0.6 is 0 Å². The van der Waals surface area contributed by atoms with Gasteiger partial charge in [-0.2, -0.15) is 0 Å². The van der Waals surface area contributed by atoms with Gasteiger partial charge in [-0.1, -0.05) is 51.5 Å². The van der Waals surface area contributed by atoms with Gasteiger partial charge in [0.05, 0.1) is 0 Å². The van der Waals surface area contributed by atoms with Gasteiger partial charge in [0.25, 0.3) is 0 Å². The fourth-order valence-corrected chi connectivity index (χ4v) is 1.18. The molecule has 0 rings (SSSR count). The van der Waals surface area contributed by atoms with Crippen LogP contribution in [0.15, 0.2) is 12.7 Å². The molecule has 1 nitrogen and oxygen atoms in total. The van der Waals surface area contributed by atoms with Crippen molar-refractivity contribution in [3.63, 3.8) is 0 Å². The van der Waals surface area contributed by atoms with Gasteiger partial charge in [0, 0.05) is 6.42 Å². The van der Waals surface area contributed by atoms with Crippen LogP contribution < -0.4 is 0 Å². The zero-order valence-corrected chi connectivity index (χ0v) is 9.93. The summed E-state index contributed by atoms with van der Waals surface area (Å²) in [4.78, 5) is 9.94. The van der Waals surface area contributed by atoms with Crippen LogP contribution in [-0.2, 0) is 4.79 Å². The van der Waals surface area contributed by atoms with Crippen molar-refractivity contribution in [2.45, 2.75) is 65.2 Å². The van der Waals surface area contributed by atoms with E-state index in [1.165, 1.54) is 38.5 Å². The standard InChI is InChI=1S/C10H20O.C3H6/c1-2-3-4-5-6-7-8-9-10-11;1-3-2/h10H,2-9H2,1H3;3H,1H2,2H3. The van der Waals surface area contributed by atoms with E-state index in [-0.39, 0.29) is 0 Å². The lowest BCUT2D eigenvalue weighted by molar-refractivity contribution is -0.107. The second-order valence-corrected chi connectivity index (χ2v) is 3.48. The Morgan fingerprint density at radius 1 is 1.00 bits per heavy atom. The van der Waals surface area contributed by atoms with Gasteiger partial charge >= 0.3 is 0 Å². The average molecular weight is 198 g/mol. The average Bonchev–Trinajstić information content (AvgIpc) is 2.18. The smallest absolute Gasteiger partial charge is 0.119 e. The molecule has 0 aliphatic rings. The summed E-state index contributed by atoms with van der Waals surface area (Å²) in [6, 6.07) is 0. The molecule has 0 heterocycles. The highest BCUT2D eigenvalue weighted by molar-refractivity contribution is 5.48. The lowest BCUT2D eigenvalue weighted by atomic mass is 10.1. The SMILES string of the molecule is C=CC.CCCCCCCCCC=O. The highest BCUT2D eigenvalue weighted by Gasteiger charge is 1.89. The molecule has 0 saturated heterocycles. The number of carbonyl (C=O) groups excluding carboxylic acids is 1. The van der Waals surface area contributed by atoms with Crippen LogP contribution in [-0.4, -0.2) is 6.29 Å². The molecule has 0 unspecified atom stereocenters. The predicted octanol–water partition coefficient (Wildman–Crippen LogP) is 4.52. The van der Waals surface area contributed by atoms with Gasteiger partial charge in [-0.3, -0.25) is 0 Å². The molecule has 0 saturated carbocycles. The molecular formula is C13H26O. The highest BCUT2D eigenvalue weighted by Crippen LogP contribution is 2.07. The van der Waals surface area contributed by atoms with Crippen LogP contribution in [0.4, 0.5) is 0 Å². The zero-order chi connectivity index (χ0) is 11.1. The molecule has 0 aliphatic heterocycles. The third-order valence-corrected chi connectivity index (χ3v) is 1.93. The molecule has 0 aromatic heterocycles. The summed E-state index contributed by atoms with van der Waals surface area (Å²) >= 11 is 0. The van der Waals surface area contributed by atoms with E-state index in [0.717, 1.165) is 19.1 Å². The lowest BCUT2D eigenvalue weighted by Crippen LogP contribution is -1.80. The van der Waals surface area contributed by atoms with E-state index in [9.17, 15) is 4.79 Å². The first-order valence-corrected chi connectivity index (χ1v) is 5.84. The van der Waals surface area contributed by atoms with Crippen molar-refractivity contribution in [2.75, 3.05) is 0 Å². The minimum Gasteiger partial charge on any atom is -0.303 e. The molecular weight excluding hydrogens is 172 g/mol. The van der Waals surface area contributed by atoms with Gasteiger partial charge in [-0.05, 0) is 13.3 Å². The summed E-state index contributed by atoms with van der Waals surface area (Å²) in [6.45, 7) is 7.48. The van der Waals surface area contributed by atoms with Crippen molar-refractivity contribution in [2.24, 2.45) is 0 Å². The maximum absolute atomic E-state index is 9.94. The Bertz CT molecular complexity index is 108. The molecule has 0 fully saturated rings. The molecule has 0 radical (unpaired) electrons. The first-order chi connectivity index (χ1) is 6.83. The Morgan fingerprint density at radius 3 is 1.86 bits per heavy atom. The molecule has 0 aromatic rings. The van der Waals surface area contributed by atoms with Crippen molar-refractivity contribution in [1.82, 2.24) is 0 Å². The van der Waals surface area contributed by atoms with E-state index in [0.29, 0.717) is 0 Å². The Hall–Kier alpha value is -0.590. The summed E-state index contributed by atoms with van der Waals surface area (Å²) in [7, 11) is 0. The van der Waals surface area contributed by atoms with Crippen molar-refractivity contribution >= 4 is 6.29 Å². The normalized spacial score (nSPS) is 8.71. The number of hydrogen-bond donors (Lipinski definition) is 0. The molecule has 0 spiro atoms. The predicted molar refractivity (Wildman–Crippen MR) is 64.5 cm³/mol. The number of unbranched alkanes of at least 4 members (excludes halogenated alkanes) is 7. The van der Waals surface area contributed by atoms with Crippen LogP contribution in [0.1, 0.15) is 65.2 Å². The van der Waals surface area contributed by atoms with Gasteiger partial charge in [-0.15, -0.1) is 6.58 Å². The topological polar surface area (TPSA) is 17.1 Å². The number of aldehydes is 1. The molecule has 1 heteroatoms. The van der Waals surface area contributed by atoms with Gasteiger partial charge in [0.15, 0.2) is 0 Å². The van der Waals surface area contributed by atoms with Crippen LogP contribution in [0.3, 0.4) is 0 Å². The second kappa shape index (κ2) is 18.2. The minimum absolute atomic E-state index is 0.758. The molecule has 14 heavy (non-hydrogen) atoms. The second-order valence-electron chi connectivity index (χ2n) is 3.48. The van der Waals surface area contributed by atoms with E-state index in [1.807, 2.05) is 6.92 Å². The third-order valence-electron chi connectivity index (χ3n) is 1.93. The van der Waals surface area contributed by atoms with Crippen molar-refractivity contribution in [3.8, 4) is 0 Å². The van der Waals surface area contributed by atoms with E-state index in [2.05, 4.69) is 13.5 Å². The summed E-state index contributed by atoms with van der Waals surface area (Å²) in [6.07, 6.45) is 12.6. The molecule has 0 bridgehead atoms. The maximum atomic E-state index is 9.94. The Kier molecular flexibility index (Phi) is 20.7. The Morgan fingerprint density at radius 2 is 1.43 bits per heavy atom. The molecule has 0 aromatic carbocycles. The highest BCUT2D eigenvalue weighted by atomic mass is 16.1. The van der Waals surface area contributed by atoms with Gasteiger partial charge in [-0.25, -0.2) is 0 Å². The monoisotopic (exact) mass is 198 g/mol. The number of carbonyl (C=O) groups is 1. The van der Waals surface area contributed by atoms with Gasteiger partial charge in [0.2, 0.25) is 0 Å². The Labute approximate surface area is 89.6 Å². The van der Waals surface area contributed by atoms with E-state index in [1.54, 1.807) is 6.08 Å². The van der Waals surface area contributed by atoms with Crippen LogP contribution in [0.5, 0.6) is 0 Å². The minimum atomic E-state index is 0.758.